The Labute approximate surface area is 142 Å². The van der Waals surface area contributed by atoms with E-state index in [0.29, 0.717) is 4.88 Å². The lowest BCUT2D eigenvalue weighted by molar-refractivity contribution is -0.136. The number of allylic oxidation sites excluding steroid dienone is 1. The lowest BCUT2D eigenvalue weighted by atomic mass is 10.1. The Morgan fingerprint density at radius 3 is 2.79 bits per heavy atom. The van der Waals surface area contributed by atoms with E-state index in [2.05, 4.69) is 16.5 Å². The highest BCUT2D eigenvalue weighted by molar-refractivity contribution is 7.71. The number of halogens is 3. The summed E-state index contributed by atoms with van der Waals surface area (Å²) in [6.07, 6.45) is -3.23. The van der Waals surface area contributed by atoms with E-state index in [-0.39, 0.29) is 22.7 Å². The molecule has 0 aliphatic heterocycles. The van der Waals surface area contributed by atoms with Crippen LogP contribution >= 0.6 is 23.6 Å². The fraction of sp³-hybridized carbons (Fsp3) is 0.133. The molecular formula is C15H10F3N3OS2. The summed E-state index contributed by atoms with van der Waals surface area (Å²) in [5.41, 5.74) is -1.91. The summed E-state index contributed by atoms with van der Waals surface area (Å²) in [6.45, 7) is 3.69. The first-order valence-corrected chi connectivity index (χ1v) is 8.01. The molecule has 3 rings (SSSR count). The number of aromatic nitrogens is 3. The summed E-state index contributed by atoms with van der Waals surface area (Å²) in [5.74, 6) is 0. The van der Waals surface area contributed by atoms with Crippen LogP contribution in [0.1, 0.15) is 5.56 Å². The zero-order valence-electron chi connectivity index (χ0n) is 12.1. The second-order valence-electron chi connectivity index (χ2n) is 4.89. The number of thiophene rings is 1. The molecule has 3 aromatic rings. The van der Waals surface area contributed by atoms with Gasteiger partial charge in [0.25, 0.3) is 5.56 Å². The maximum absolute atomic E-state index is 13.5. The Hall–Kier alpha value is -2.26. The monoisotopic (exact) mass is 369 g/mol. The molecule has 9 heteroatoms. The normalized spacial score (nSPS) is 11.8. The Morgan fingerprint density at radius 1 is 1.46 bits per heavy atom. The molecule has 0 saturated heterocycles. The van der Waals surface area contributed by atoms with Crippen LogP contribution in [0, 0.1) is 4.77 Å². The Kier molecular flexibility index (Phi) is 4.14. The molecule has 0 unspecified atom stereocenters. The van der Waals surface area contributed by atoms with Crippen LogP contribution in [0.2, 0.25) is 0 Å². The van der Waals surface area contributed by atoms with Crippen molar-refractivity contribution in [1.29, 1.82) is 0 Å². The van der Waals surface area contributed by atoms with Crippen molar-refractivity contribution < 1.29 is 13.2 Å². The van der Waals surface area contributed by atoms with Gasteiger partial charge in [-0.05, 0) is 29.7 Å². The molecule has 0 aromatic carbocycles. The van der Waals surface area contributed by atoms with Crippen LogP contribution in [-0.2, 0) is 12.7 Å². The number of fused-ring (bicyclic) bond motifs is 1. The molecule has 0 aliphatic rings. The molecule has 4 nitrogen and oxygen atoms in total. The van der Waals surface area contributed by atoms with Crippen molar-refractivity contribution in [3.05, 3.63) is 56.9 Å². The molecule has 3 aromatic heterocycles. The SMILES string of the molecule is C=CCn1c(=S)[nH]c(=O)c2c(C(F)(F)F)cc(-c3cccs3)nc21. The molecule has 0 spiro atoms. The van der Waals surface area contributed by atoms with E-state index in [0.717, 1.165) is 6.07 Å². The van der Waals surface area contributed by atoms with Crippen LogP contribution in [0.4, 0.5) is 13.2 Å². The van der Waals surface area contributed by atoms with Crippen molar-refractivity contribution in [2.45, 2.75) is 12.7 Å². The van der Waals surface area contributed by atoms with Gasteiger partial charge in [-0.2, -0.15) is 13.2 Å². The molecule has 0 atom stereocenters. The minimum Gasteiger partial charge on any atom is -0.299 e. The van der Waals surface area contributed by atoms with Gasteiger partial charge in [0.1, 0.15) is 5.65 Å². The van der Waals surface area contributed by atoms with E-state index in [9.17, 15) is 18.0 Å². The molecule has 0 aliphatic carbocycles. The highest BCUT2D eigenvalue weighted by Crippen LogP contribution is 2.36. The molecule has 0 radical (unpaired) electrons. The first kappa shape index (κ1) is 16.6. The lowest BCUT2D eigenvalue weighted by Gasteiger charge is -2.14. The van der Waals surface area contributed by atoms with Crippen molar-refractivity contribution >= 4 is 34.6 Å². The van der Waals surface area contributed by atoms with Crippen molar-refractivity contribution in [1.82, 2.24) is 14.5 Å². The van der Waals surface area contributed by atoms with Crippen LogP contribution in [0.15, 0.2) is 41.0 Å². The molecule has 3 heterocycles. The molecule has 0 bridgehead atoms. The molecule has 0 fully saturated rings. The molecule has 124 valence electrons. The third-order valence-electron chi connectivity index (χ3n) is 3.34. The Morgan fingerprint density at radius 2 is 2.21 bits per heavy atom. The van der Waals surface area contributed by atoms with E-state index in [1.165, 1.54) is 22.0 Å². The average molecular weight is 369 g/mol. The highest BCUT2D eigenvalue weighted by Gasteiger charge is 2.35. The van der Waals surface area contributed by atoms with E-state index < -0.39 is 22.7 Å². The van der Waals surface area contributed by atoms with Crippen LogP contribution in [0.25, 0.3) is 21.6 Å². The molecule has 0 saturated carbocycles. The van der Waals surface area contributed by atoms with Crippen LogP contribution in [0.5, 0.6) is 0 Å². The zero-order chi connectivity index (χ0) is 17.5. The van der Waals surface area contributed by atoms with Gasteiger partial charge in [0.2, 0.25) is 0 Å². The number of aromatic amines is 1. The van der Waals surface area contributed by atoms with Crippen LogP contribution < -0.4 is 5.56 Å². The summed E-state index contributed by atoms with van der Waals surface area (Å²) < 4.78 is 41.8. The van der Waals surface area contributed by atoms with Gasteiger partial charge < -0.3 is 0 Å². The smallest absolute Gasteiger partial charge is 0.299 e. The van der Waals surface area contributed by atoms with Gasteiger partial charge in [0, 0.05) is 6.54 Å². The summed E-state index contributed by atoms with van der Waals surface area (Å²) in [7, 11) is 0. The van der Waals surface area contributed by atoms with Crippen molar-refractivity contribution in [2.24, 2.45) is 0 Å². The molecular weight excluding hydrogens is 359 g/mol. The van der Waals surface area contributed by atoms with Crippen LogP contribution in [0.3, 0.4) is 0 Å². The van der Waals surface area contributed by atoms with Gasteiger partial charge >= 0.3 is 6.18 Å². The first-order chi connectivity index (χ1) is 11.3. The van der Waals surface area contributed by atoms with E-state index in [1.807, 2.05) is 0 Å². The van der Waals surface area contributed by atoms with E-state index in [1.54, 1.807) is 17.5 Å². The summed E-state index contributed by atoms with van der Waals surface area (Å²) >= 11 is 6.31. The van der Waals surface area contributed by atoms with Gasteiger partial charge in [-0.25, -0.2) is 4.98 Å². The third kappa shape index (κ3) is 2.80. The van der Waals surface area contributed by atoms with Crippen molar-refractivity contribution in [2.75, 3.05) is 0 Å². The number of alkyl halides is 3. The topological polar surface area (TPSA) is 50.7 Å². The summed E-state index contributed by atoms with van der Waals surface area (Å²) in [4.78, 5) is 19.2. The average Bonchev–Trinajstić information content (AvgIpc) is 3.03. The number of rotatable bonds is 3. The van der Waals surface area contributed by atoms with Gasteiger partial charge in [-0.1, -0.05) is 12.1 Å². The fourth-order valence-electron chi connectivity index (χ4n) is 2.35. The Bertz CT molecular complexity index is 1030. The molecule has 24 heavy (non-hydrogen) atoms. The first-order valence-electron chi connectivity index (χ1n) is 6.72. The van der Waals surface area contributed by atoms with Crippen molar-refractivity contribution in [3.8, 4) is 10.6 Å². The Balaban J connectivity index is 2.52. The highest BCUT2D eigenvalue weighted by atomic mass is 32.1. The van der Waals surface area contributed by atoms with Crippen LogP contribution in [-0.4, -0.2) is 14.5 Å². The van der Waals surface area contributed by atoms with Gasteiger partial charge in [0.05, 0.1) is 21.5 Å². The summed E-state index contributed by atoms with van der Waals surface area (Å²) in [6, 6.07) is 4.27. The number of hydrogen-bond donors (Lipinski definition) is 1. The predicted molar refractivity (Wildman–Crippen MR) is 89.7 cm³/mol. The number of nitrogens with zero attached hydrogens (tertiary/aromatic N) is 2. The van der Waals surface area contributed by atoms with E-state index in [4.69, 9.17) is 12.2 Å². The largest absolute Gasteiger partial charge is 0.417 e. The van der Waals surface area contributed by atoms with Gasteiger partial charge in [0.15, 0.2) is 4.77 Å². The van der Waals surface area contributed by atoms with E-state index >= 15 is 0 Å². The number of pyridine rings is 1. The lowest BCUT2D eigenvalue weighted by Crippen LogP contribution is -2.20. The maximum Gasteiger partial charge on any atom is 0.417 e. The standard InChI is InChI=1S/C15H10F3N3OS2/c1-2-5-21-12-11(13(22)20-14(21)23)8(15(16,17)18)7-9(19-12)10-4-3-6-24-10/h2-4,6-7H,1,5H2,(H,20,22,23). The quantitative estimate of drug-likeness (QED) is 0.550. The number of H-pyrrole nitrogens is 1. The van der Waals surface area contributed by atoms with Gasteiger partial charge in [-0.15, -0.1) is 17.9 Å². The molecule has 0 amide bonds. The van der Waals surface area contributed by atoms with Gasteiger partial charge in [-0.3, -0.25) is 14.3 Å². The maximum atomic E-state index is 13.5. The second kappa shape index (κ2) is 5.99. The van der Waals surface area contributed by atoms with Crippen molar-refractivity contribution in [3.63, 3.8) is 0 Å². The fourth-order valence-corrected chi connectivity index (χ4v) is 3.29. The number of hydrogen-bond acceptors (Lipinski definition) is 4. The number of nitrogens with one attached hydrogen (secondary N) is 1. The zero-order valence-corrected chi connectivity index (χ0v) is 13.7. The molecule has 1 N–H and O–H groups in total. The predicted octanol–water partition coefficient (Wildman–Crippen LogP) is 4.39. The minimum absolute atomic E-state index is 0.00338. The second-order valence-corrected chi connectivity index (χ2v) is 6.22. The third-order valence-corrected chi connectivity index (χ3v) is 4.55. The minimum atomic E-state index is -4.70. The summed E-state index contributed by atoms with van der Waals surface area (Å²) in [5, 5.41) is 1.21.